The second-order valence-corrected chi connectivity index (χ2v) is 10.5. The van der Waals surface area contributed by atoms with Crippen molar-refractivity contribution in [3.8, 4) is 0 Å². The first-order valence-corrected chi connectivity index (χ1v) is 12.5. The quantitative estimate of drug-likeness (QED) is 0.400. The fourth-order valence-electron chi connectivity index (χ4n) is 6.33. The highest BCUT2D eigenvalue weighted by molar-refractivity contribution is 6.34. The molecule has 2 amide bonds. The lowest BCUT2D eigenvalue weighted by Gasteiger charge is -2.39. The third kappa shape index (κ3) is 3.78. The monoisotopic (exact) mass is 516 g/mol. The Morgan fingerprint density at radius 3 is 2.69 bits per heavy atom. The lowest BCUT2D eigenvalue weighted by Crippen LogP contribution is -2.58. The number of aliphatic hydroxyl groups excluding tert-OH is 1. The van der Waals surface area contributed by atoms with E-state index in [1.807, 2.05) is 13.0 Å². The Labute approximate surface area is 216 Å². The molecule has 3 saturated heterocycles. The van der Waals surface area contributed by atoms with E-state index in [1.54, 1.807) is 32.1 Å². The Kier molecular flexibility index (Phi) is 7.07. The normalized spacial score (nSPS) is 31.2. The Balaban J connectivity index is 1.84. The first-order valence-electron chi connectivity index (χ1n) is 12.2. The van der Waals surface area contributed by atoms with E-state index in [2.05, 4.69) is 13.2 Å². The van der Waals surface area contributed by atoms with Crippen molar-refractivity contribution in [2.45, 2.75) is 56.9 Å². The number of carbonyl (C=O) groups is 3. The molecular weight excluding hydrogens is 484 g/mol. The molecule has 0 saturated carbocycles. The number of aryl methyl sites for hydroxylation is 1. The van der Waals surface area contributed by atoms with Crippen molar-refractivity contribution in [1.82, 2.24) is 4.90 Å². The van der Waals surface area contributed by atoms with Gasteiger partial charge in [0.15, 0.2) is 0 Å². The number of likely N-dealkylation sites (tertiary alicyclic amines) is 1. The third-order valence-electron chi connectivity index (χ3n) is 7.82. The van der Waals surface area contributed by atoms with Crippen LogP contribution in [-0.2, 0) is 23.9 Å². The van der Waals surface area contributed by atoms with Crippen LogP contribution in [-0.4, -0.2) is 70.8 Å². The molecule has 1 aromatic rings. The highest BCUT2D eigenvalue weighted by atomic mass is 35.5. The number of para-hydroxylation sites is 1. The number of aliphatic hydroxyl groups is 1. The molecule has 8 nitrogen and oxygen atoms in total. The minimum absolute atomic E-state index is 0.0112. The zero-order valence-electron chi connectivity index (χ0n) is 20.9. The van der Waals surface area contributed by atoms with Gasteiger partial charge in [0.2, 0.25) is 5.91 Å². The lowest BCUT2D eigenvalue weighted by molar-refractivity contribution is -0.159. The number of anilines is 1. The molecular formula is C27H33ClN2O6. The molecule has 6 atom stereocenters. The van der Waals surface area contributed by atoms with E-state index in [-0.39, 0.29) is 19.8 Å². The van der Waals surface area contributed by atoms with E-state index >= 15 is 0 Å². The molecule has 0 aromatic heterocycles. The van der Waals surface area contributed by atoms with E-state index in [0.717, 1.165) is 5.56 Å². The zero-order valence-corrected chi connectivity index (χ0v) is 21.7. The van der Waals surface area contributed by atoms with Crippen LogP contribution in [0.3, 0.4) is 0 Å². The average Bonchev–Trinajstić information content (AvgIpc) is 3.41. The van der Waals surface area contributed by atoms with E-state index in [0.29, 0.717) is 23.6 Å². The highest BCUT2D eigenvalue weighted by Gasteiger charge is 2.79. The molecule has 0 radical (unpaired) electrons. The van der Waals surface area contributed by atoms with Gasteiger partial charge in [-0.3, -0.25) is 14.4 Å². The zero-order chi connectivity index (χ0) is 26.4. The summed E-state index contributed by atoms with van der Waals surface area (Å²) in [6.07, 6.45) is 3.96. The summed E-state index contributed by atoms with van der Waals surface area (Å²) in [6.45, 7) is 12.5. The van der Waals surface area contributed by atoms with Gasteiger partial charge in [-0.25, -0.2) is 0 Å². The molecule has 1 aromatic carbocycles. The van der Waals surface area contributed by atoms with Crippen LogP contribution in [0, 0.1) is 18.8 Å². The van der Waals surface area contributed by atoms with Gasteiger partial charge >= 0.3 is 5.97 Å². The maximum absolute atomic E-state index is 14.4. The predicted octanol–water partition coefficient (Wildman–Crippen LogP) is 3.04. The molecule has 4 rings (SSSR count). The Hall–Kier alpha value is -2.68. The minimum atomic E-state index is -1.24. The van der Waals surface area contributed by atoms with E-state index < -0.39 is 52.9 Å². The van der Waals surface area contributed by atoms with Gasteiger partial charge in [0.25, 0.3) is 5.91 Å². The van der Waals surface area contributed by atoms with Crippen LogP contribution in [0.5, 0.6) is 0 Å². The van der Waals surface area contributed by atoms with Crippen molar-refractivity contribution in [1.29, 1.82) is 0 Å². The summed E-state index contributed by atoms with van der Waals surface area (Å²) < 4.78 is 11.9. The Bertz CT molecular complexity index is 1090. The van der Waals surface area contributed by atoms with Crippen LogP contribution < -0.4 is 4.90 Å². The van der Waals surface area contributed by atoms with E-state index in [4.69, 9.17) is 21.1 Å². The van der Waals surface area contributed by atoms with Gasteiger partial charge in [-0.1, -0.05) is 42.5 Å². The van der Waals surface area contributed by atoms with Crippen molar-refractivity contribution < 1.29 is 29.0 Å². The molecule has 3 aliphatic rings. The second kappa shape index (κ2) is 9.65. The number of hydrogen-bond donors (Lipinski definition) is 1. The van der Waals surface area contributed by atoms with Gasteiger partial charge in [0.05, 0.1) is 34.9 Å². The fraction of sp³-hybridized carbons (Fsp3) is 0.519. The van der Waals surface area contributed by atoms with Crippen LogP contribution in [0.15, 0.2) is 43.5 Å². The summed E-state index contributed by atoms with van der Waals surface area (Å²) in [4.78, 5) is 44.5. The van der Waals surface area contributed by atoms with Crippen molar-refractivity contribution in [3.63, 3.8) is 0 Å². The minimum Gasteiger partial charge on any atom is -0.461 e. The molecule has 3 heterocycles. The molecule has 2 unspecified atom stereocenters. The summed E-state index contributed by atoms with van der Waals surface area (Å²) in [5.41, 5.74) is -0.880. The summed E-state index contributed by atoms with van der Waals surface area (Å²) >= 11 is 6.54. The summed E-state index contributed by atoms with van der Waals surface area (Å²) in [5.74, 6) is -3.12. The van der Waals surface area contributed by atoms with Crippen molar-refractivity contribution in [2.24, 2.45) is 11.8 Å². The van der Waals surface area contributed by atoms with E-state index in [9.17, 15) is 19.5 Å². The SMILES string of the molecule is C=CCOC(=O)[C@H]1[C@H]2C(=O)N([C@H](C)CO)C(C(=O)N(CC=C)c3c(C)cccc3Cl)C23CC[C@]1(C)O3. The first kappa shape index (κ1) is 26.4. The third-order valence-corrected chi connectivity index (χ3v) is 8.13. The van der Waals surface area contributed by atoms with Crippen LogP contribution in [0.4, 0.5) is 5.69 Å². The lowest BCUT2D eigenvalue weighted by atomic mass is 9.66. The maximum atomic E-state index is 14.4. The van der Waals surface area contributed by atoms with Gasteiger partial charge in [0, 0.05) is 6.54 Å². The standard InChI is InChI=1S/C27H33ClN2O6/c1-6-13-29(21-16(3)9-8-10-18(21)28)24(33)22-27-12-11-26(5,36-27)20(25(34)35-14-7-2)19(27)23(32)30(22)17(4)15-31/h6-10,17,19-20,22,31H,1-2,11-15H2,3-5H3/t17-,19+,20-,22?,26+,27?/m1/s1. The molecule has 2 bridgehead atoms. The van der Waals surface area contributed by atoms with Crippen molar-refractivity contribution in [3.05, 3.63) is 54.1 Å². The molecule has 9 heteroatoms. The van der Waals surface area contributed by atoms with Crippen LogP contribution in [0.2, 0.25) is 5.02 Å². The molecule has 3 fully saturated rings. The average molecular weight is 517 g/mol. The molecule has 1 spiro atoms. The number of ether oxygens (including phenoxy) is 2. The second-order valence-electron chi connectivity index (χ2n) is 10.1. The number of fused-ring (bicyclic) bond motifs is 1. The number of carbonyl (C=O) groups excluding carboxylic acids is 3. The van der Waals surface area contributed by atoms with Gasteiger partial charge in [-0.2, -0.15) is 0 Å². The van der Waals surface area contributed by atoms with Crippen LogP contribution in [0.1, 0.15) is 32.3 Å². The topological polar surface area (TPSA) is 96.4 Å². The number of halogens is 1. The molecule has 36 heavy (non-hydrogen) atoms. The van der Waals surface area contributed by atoms with Gasteiger partial charge in [0.1, 0.15) is 24.2 Å². The molecule has 1 N–H and O–H groups in total. The fourth-order valence-corrected chi connectivity index (χ4v) is 6.65. The smallest absolute Gasteiger partial charge is 0.313 e. The summed E-state index contributed by atoms with van der Waals surface area (Å²) in [6, 6.07) is 3.61. The number of hydrogen-bond acceptors (Lipinski definition) is 6. The Morgan fingerprint density at radius 2 is 2.08 bits per heavy atom. The summed E-state index contributed by atoms with van der Waals surface area (Å²) in [7, 11) is 0. The number of amides is 2. The largest absolute Gasteiger partial charge is 0.461 e. The van der Waals surface area contributed by atoms with E-state index in [1.165, 1.54) is 15.9 Å². The summed E-state index contributed by atoms with van der Waals surface area (Å²) in [5, 5.41) is 10.4. The van der Waals surface area contributed by atoms with Crippen LogP contribution in [0.25, 0.3) is 0 Å². The Morgan fingerprint density at radius 1 is 1.36 bits per heavy atom. The van der Waals surface area contributed by atoms with Crippen LogP contribution >= 0.6 is 11.6 Å². The van der Waals surface area contributed by atoms with Crippen molar-refractivity contribution in [2.75, 3.05) is 24.7 Å². The number of nitrogens with zero attached hydrogens (tertiary/aromatic N) is 2. The molecule has 0 aliphatic carbocycles. The van der Waals surface area contributed by atoms with Crippen molar-refractivity contribution >= 4 is 35.1 Å². The number of esters is 1. The maximum Gasteiger partial charge on any atom is 0.313 e. The highest BCUT2D eigenvalue weighted by Crippen LogP contribution is 2.63. The van der Waals surface area contributed by atoms with Gasteiger partial charge in [-0.05, 0) is 45.2 Å². The first-order chi connectivity index (χ1) is 17.1. The number of benzene rings is 1. The van der Waals surface area contributed by atoms with Gasteiger partial charge in [-0.15, -0.1) is 6.58 Å². The molecule has 3 aliphatic heterocycles. The number of rotatable bonds is 9. The predicted molar refractivity (Wildman–Crippen MR) is 136 cm³/mol. The van der Waals surface area contributed by atoms with Gasteiger partial charge < -0.3 is 24.4 Å². The molecule has 194 valence electrons.